The molecule has 0 unspecified atom stereocenters. The molecule has 3 rings (SSSR count). The van der Waals surface area contributed by atoms with Crippen LogP contribution in [0.5, 0.6) is 5.75 Å². The number of rotatable bonds is 7. The Morgan fingerprint density at radius 2 is 1.87 bits per heavy atom. The van der Waals surface area contributed by atoms with Gasteiger partial charge in [-0.2, -0.15) is 0 Å². The Labute approximate surface area is 195 Å². The second-order valence-corrected chi connectivity index (χ2v) is 8.75. The van der Waals surface area contributed by atoms with Crippen molar-refractivity contribution in [1.82, 2.24) is 9.80 Å². The number of aliphatic hydroxyl groups excluding tert-OH is 1. The van der Waals surface area contributed by atoms with Crippen LogP contribution in [0.25, 0.3) is 5.76 Å². The fraction of sp³-hybridized carbons (Fsp3) is 0.304. The largest absolute Gasteiger partial charge is 0.507 e. The first-order valence-corrected chi connectivity index (χ1v) is 11.0. The first kappa shape index (κ1) is 23.3. The van der Waals surface area contributed by atoms with E-state index < -0.39 is 17.7 Å². The third kappa shape index (κ3) is 4.95. The highest BCUT2D eigenvalue weighted by molar-refractivity contribution is 9.10. The molecular weight excluding hydrogens is 484 g/mol. The van der Waals surface area contributed by atoms with E-state index in [0.717, 1.165) is 10.0 Å². The van der Waals surface area contributed by atoms with E-state index in [4.69, 9.17) is 16.3 Å². The molecule has 1 amide bonds. The minimum Gasteiger partial charge on any atom is -0.507 e. The van der Waals surface area contributed by atoms with Crippen molar-refractivity contribution >= 4 is 45.0 Å². The Kier molecular flexibility index (Phi) is 7.41. The summed E-state index contributed by atoms with van der Waals surface area (Å²) < 4.78 is 6.31. The maximum Gasteiger partial charge on any atom is 0.295 e. The maximum absolute atomic E-state index is 13.0. The lowest BCUT2D eigenvalue weighted by Gasteiger charge is -2.26. The van der Waals surface area contributed by atoms with Gasteiger partial charge in [-0.3, -0.25) is 9.59 Å². The SMILES string of the molecule is CCOc1ccc(C(O)=C2C(=O)C(=O)N(CCN(C)C)[C@H]2c2ccc(Br)cc2)cc1Cl. The number of likely N-dealkylation sites (tertiary alicyclic amines) is 1. The third-order valence-corrected chi connectivity index (χ3v) is 5.84. The zero-order chi connectivity index (χ0) is 22.7. The molecule has 0 spiro atoms. The van der Waals surface area contributed by atoms with E-state index in [1.54, 1.807) is 12.1 Å². The van der Waals surface area contributed by atoms with E-state index in [1.165, 1.54) is 11.0 Å². The van der Waals surface area contributed by atoms with Crippen LogP contribution in [0.1, 0.15) is 24.1 Å². The van der Waals surface area contributed by atoms with Crippen LogP contribution in [0.15, 0.2) is 52.5 Å². The second kappa shape index (κ2) is 9.85. The van der Waals surface area contributed by atoms with Crippen molar-refractivity contribution in [3.05, 3.63) is 68.7 Å². The summed E-state index contributed by atoms with van der Waals surface area (Å²) >= 11 is 9.69. The predicted octanol–water partition coefficient (Wildman–Crippen LogP) is 4.48. The molecule has 1 fully saturated rings. The number of hydrogen-bond donors (Lipinski definition) is 1. The smallest absolute Gasteiger partial charge is 0.295 e. The third-order valence-electron chi connectivity index (χ3n) is 5.02. The molecule has 31 heavy (non-hydrogen) atoms. The van der Waals surface area contributed by atoms with Gasteiger partial charge in [0.05, 0.1) is 23.2 Å². The molecule has 1 aliphatic heterocycles. The second-order valence-electron chi connectivity index (χ2n) is 7.43. The summed E-state index contributed by atoms with van der Waals surface area (Å²) in [7, 11) is 3.79. The number of halogens is 2. The number of aliphatic hydroxyl groups is 1. The molecule has 1 aliphatic rings. The molecule has 164 valence electrons. The Hall–Kier alpha value is -2.35. The van der Waals surface area contributed by atoms with Gasteiger partial charge in [-0.05, 0) is 56.9 Å². The van der Waals surface area contributed by atoms with E-state index in [9.17, 15) is 14.7 Å². The van der Waals surface area contributed by atoms with Gasteiger partial charge in [0.2, 0.25) is 0 Å². The Morgan fingerprint density at radius 3 is 2.45 bits per heavy atom. The van der Waals surface area contributed by atoms with Gasteiger partial charge in [0.25, 0.3) is 11.7 Å². The van der Waals surface area contributed by atoms with Crippen molar-refractivity contribution in [2.24, 2.45) is 0 Å². The molecule has 8 heteroatoms. The van der Waals surface area contributed by atoms with Crippen LogP contribution < -0.4 is 4.74 Å². The number of carbonyl (C=O) groups excluding carboxylic acids is 2. The zero-order valence-corrected chi connectivity index (χ0v) is 19.9. The summed E-state index contributed by atoms with van der Waals surface area (Å²) in [5, 5.41) is 11.4. The van der Waals surface area contributed by atoms with Crippen LogP contribution in [0, 0.1) is 0 Å². The molecule has 0 bridgehead atoms. The molecule has 0 saturated carbocycles. The van der Waals surface area contributed by atoms with Gasteiger partial charge in [-0.15, -0.1) is 0 Å². The van der Waals surface area contributed by atoms with E-state index in [1.807, 2.05) is 50.2 Å². The van der Waals surface area contributed by atoms with Crippen LogP contribution in [-0.2, 0) is 9.59 Å². The first-order chi connectivity index (χ1) is 14.7. The molecule has 0 aliphatic carbocycles. The molecule has 2 aromatic carbocycles. The van der Waals surface area contributed by atoms with Gasteiger partial charge in [0.15, 0.2) is 0 Å². The monoisotopic (exact) mass is 506 g/mol. The van der Waals surface area contributed by atoms with Gasteiger partial charge >= 0.3 is 0 Å². The number of nitrogens with zero attached hydrogens (tertiary/aromatic N) is 2. The summed E-state index contributed by atoms with van der Waals surface area (Å²) in [5.74, 6) is -1.12. The van der Waals surface area contributed by atoms with Gasteiger partial charge in [-0.25, -0.2) is 0 Å². The molecule has 1 atom stereocenters. The van der Waals surface area contributed by atoms with E-state index in [2.05, 4.69) is 15.9 Å². The van der Waals surface area contributed by atoms with Crippen LogP contribution in [-0.4, -0.2) is 60.4 Å². The minimum absolute atomic E-state index is 0.0475. The van der Waals surface area contributed by atoms with Crippen molar-refractivity contribution in [1.29, 1.82) is 0 Å². The molecule has 0 aromatic heterocycles. The number of ketones is 1. The lowest BCUT2D eigenvalue weighted by molar-refractivity contribution is -0.140. The molecule has 6 nitrogen and oxygen atoms in total. The van der Waals surface area contributed by atoms with Crippen molar-refractivity contribution < 1.29 is 19.4 Å². The minimum atomic E-state index is -0.714. The first-order valence-electron chi connectivity index (χ1n) is 9.86. The molecule has 1 N–H and O–H groups in total. The zero-order valence-electron chi connectivity index (χ0n) is 17.6. The molecule has 0 radical (unpaired) electrons. The Bertz CT molecular complexity index is 1020. The number of carbonyl (C=O) groups is 2. The lowest BCUT2D eigenvalue weighted by atomic mass is 9.95. The Balaban J connectivity index is 2.12. The fourth-order valence-electron chi connectivity index (χ4n) is 3.49. The number of amides is 1. The number of likely N-dealkylation sites (N-methyl/N-ethyl adjacent to an activating group) is 1. The average molecular weight is 508 g/mol. The summed E-state index contributed by atoms with van der Waals surface area (Å²) in [6, 6.07) is 11.5. The number of benzene rings is 2. The van der Waals surface area contributed by atoms with Crippen LogP contribution in [0.4, 0.5) is 0 Å². The van der Waals surface area contributed by atoms with Gasteiger partial charge < -0.3 is 19.6 Å². The van der Waals surface area contributed by atoms with E-state index in [0.29, 0.717) is 36.0 Å². The normalized spacial score (nSPS) is 18.1. The van der Waals surface area contributed by atoms with Crippen LogP contribution >= 0.6 is 27.5 Å². The highest BCUT2D eigenvalue weighted by Crippen LogP contribution is 2.40. The number of Topliss-reactive ketones (excluding diaryl/α,β-unsaturated/α-hetero) is 1. The van der Waals surface area contributed by atoms with E-state index >= 15 is 0 Å². The van der Waals surface area contributed by atoms with Crippen molar-refractivity contribution in [3.8, 4) is 5.75 Å². The predicted molar refractivity (Wildman–Crippen MR) is 124 cm³/mol. The molecule has 1 saturated heterocycles. The number of ether oxygens (including phenoxy) is 1. The van der Waals surface area contributed by atoms with Gasteiger partial charge in [0, 0.05) is 23.1 Å². The molecular formula is C23H24BrClN2O4. The van der Waals surface area contributed by atoms with E-state index in [-0.39, 0.29) is 11.3 Å². The highest BCUT2D eigenvalue weighted by atomic mass is 79.9. The molecule has 1 heterocycles. The van der Waals surface area contributed by atoms with Gasteiger partial charge in [0.1, 0.15) is 11.5 Å². The topological polar surface area (TPSA) is 70.1 Å². The average Bonchev–Trinajstić information content (AvgIpc) is 2.98. The van der Waals surface area contributed by atoms with Crippen molar-refractivity contribution in [2.45, 2.75) is 13.0 Å². The summed E-state index contributed by atoms with van der Waals surface area (Å²) in [4.78, 5) is 29.3. The van der Waals surface area contributed by atoms with Crippen molar-refractivity contribution in [2.75, 3.05) is 33.8 Å². The maximum atomic E-state index is 13.0. The highest BCUT2D eigenvalue weighted by Gasteiger charge is 2.45. The Morgan fingerprint density at radius 1 is 1.19 bits per heavy atom. The lowest BCUT2D eigenvalue weighted by Crippen LogP contribution is -2.35. The summed E-state index contributed by atoms with van der Waals surface area (Å²) in [5.41, 5.74) is 1.13. The quantitative estimate of drug-likeness (QED) is 0.340. The fourth-order valence-corrected chi connectivity index (χ4v) is 3.99. The van der Waals surface area contributed by atoms with Gasteiger partial charge in [-0.1, -0.05) is 39.7 Å². The van der Waals surface area contributed by atoms with Crippen molar-refractivity contribution in [3.63, 3.8) is 0 Å². The summed E-state index contributed by atoms with van der Waals surface area (Å²) in [6.07, 6.45) is 0. The van der Waals surface area contributed by atoms with Crippen LogP contribution in [0.3, 0.4) is 0 Å². The van der Waals surface area contributed by atoms with Crippen LogP contribution in [0.2, 0.25) is 5.02 Å². The summed E-state index contributed by atoms with van der Waals surface area (Å²) in [6.45, 7) is 3.22. The molecule has 2 aromatic rings. The standard InChI is InChI=1S/C23H24BrClN2O4/c1-4-31-18-10-7-15(13-17(18)25)21(28)19-20(14-5-8-16(24)9-6-14)27(12-11-26(2)3)23(30)22(19)29/h5-10,13,20,28H,4,11-12H2,1-3H3/t20-/m0/s1. The number of hydrogen-bond acceptors (Lipinski definition) is 5.